The average Bonchev–Trinajstić information content (AvgIpc) is 3.45. The molecule has 0 atom stereocenters. The van der Waals surface area contributed by atoms with Crippen LogP contribution in [0.1, 0.15) is 11.3 Å². The van der Waals surface area contributed by atoms with Crippen LogP contribution in [0.25, 0.3) is 20.8 Å². The van der Waals surface area contributed by atoms with Gasteiger partial charge in [-0.05, 0) is 73.2 Å². The second kappa shape index (κ2) is 9.76. The molecule has 0 aliphatic carbocycles. The van der Waals surface area contributed by atoms with Gasteiger partial charge < -0.3 is 5.32 Å². The molecule has 1 amide bonds. The van der Waals surface area contributed by atoms with Crippen molar-refractivity contribution < 1.29 is 17.6 Å². The Hall–Kier alpha value is -3.67. The van der Waals surface area contributed by atoms with E-state index < -0.39 is 15.8 Å². The molecule has 2 N–H and O–H groups in total. The molecule has 0 radical (unpaired) electrons. The summed E-state index contributed by atoms with van der Waals surface area (Å²) >= 11 is 2.68. The highest BCUT2D eigenvalue weighted by Gasteiger charge is 2.17. The molecule has 0 aliphatic rings. The highest BCUT2D eigenvalue weighted by atomic mass is 32.2. The minimum atomic E-state index is -3.91. The molecule has 5 aromatic rings. The van der Waals surface area contributed by atoms with Gasteiger partial charge in [-0.1, -0.05) is 6.07 Å². The van der Waals surface area contributed by atoms with Crippen molar-refractivity contribution in [3.8, 4) is 10.6 Å². The first-order valence-electron chi connectivity index (χ1n) is 10.8. The van der Waals surface area contributed by atoms with E-state index in [2.05, 4.69) is 33.0 Å². The van der Waals surface area contributed by atoms with Crippen LogP contribution in [0.15, 0.2) is 77.0 Å². The summed E-state index contributed by atoms with van der Waals surface area (Å²) in [7, 11) is -3.91. The monoisotopic (exact) mass is 538 g/mol. The maximum absolute atomic E-state index is 13.1. The smallest absolute Gasteiger partial charge is 0.263 e. The van der Waals surface area contributed by atoms with E-state index in [1.165, 1.54) is 17.7 Å². The number of nitrogens with zero attached hydrogens (tertiary/aromatic N) is 2. The number of carbonyl (C=O) groups excluding carboxylic acids is 1. The van der Waals surface area contributed by atoms with Crippen molar-refractivity contribution in [3.63, 3.8) is 0 Å². The minimum Gasteiger partial charge on any atom is -0.326 e. The van der Waals surface area contributed by atoms with Crippen molar-refractivity contribution in [2.75, 3.05) is 10.0 Å². The van der Waals surface area contributed by atoms with Crippen molar-refractivity contribution in [3.05, 3.63) is 89.2 Å². The number of hydrogen-bond acceptors (Lipinski definition) is 7. The summed E-state index contributed by atoms with van der Waals surface area (Å²) in [6.07, 6.45) is -0.0201. The van der Waals surface area contributed by atoms with E-state index in [4.69, 9.17) is 0 Å². The Morgan fingerprint density at radius 2 is 1.75 bits per heavy atom. The number of sulfonamides is 1. The fourth-order valence-electron chi connectivity index (χ4n) is 3.44. The lowest BCUT2D eigenvalue weighted by Gasteiger charge is -2.05. The summed E-state index contributed by atoms with van der Waals surface area (Å²) in [5.41, 5.74) is 4.17. The molecule has 2 heterocycles. The normalized spacial score (nSPS) is 11.5. The molecule has 0 unspecified atom stereocenters. The molecule has 11 heteroatoms. The van der Waals surface area contributed by atoms with Crippen LogP contribution >= 0.6 is 22.7 Å². The Morgan fingerprint density at radius 3 is 2.50 bits per heavy atom. The molecule has 5 rings (SSSR count). The molecule has 36 heavy (non-hydrogen) atoms. The van der Waals surface area contributed by atoms with Gasteiger partial charge in [-0.3, -0.25) is 9.52 Å². The number of halogens is 1. The van der Waals surface area contributed by atoms with Gasteiger partial charge in [0.25, 0.3) is 10.0 Å². The number of aryl methyl sites for hydroxylation is 1. The summed E-state index contributed by atoms with van der Waals surface area (Å²) in [5.74, 6) is -0.811. The molecule has 0 spiro atoms. The summed E-state index contributed by atoms with van der Waals surface area (Å²) in [6, 6.07) is 18.1. The van der Waals surface area contributed by atoms with Gasteiger partial charge >= 0.3 is 0 Å². The number of amides is 1. The SMILES string of the molecule is Cc1ccc2nc(-c3ccc(NC(=O)Cc4csc(NS(=O)(=O)c5ccc(F)cc5)n4)cc3)sc2c1. The minimum absolute atomic E-state index is 0.0201. The standard InChI is InChI=1S/C25H19FN4O3S3/c1-15-2-11-21-22(12-15)35-24(29-21)16-3-7-18(8-4-16)27-23(31)13-19-14-34-25(28-19)30-36(32,33)20-9-5-17(26)6-10-20/h2-12,14H,13H2,1H3,(H,27,31)(H,28,30). The van der Waals surface area contributed by atoms with Gasteiger partial charge in [0.2, 0.25) is 5.91 Å². The van der Waals surface area contributed by atoms with E-state index >= 15 is 0 Å². The van der Waals surface area contributed by atoms with Crippen LogP contribution in [0.5, 0.6) is 0 Å². The second-order valence-corrected chi connectivity index (χ2v) is 11.6. The largest absolute Gasteiger partial charge is 0.326 e. The predicted octanol–water partition coefficient (Wildman–Crippen LogP) is 5.85. The lowest BCUT2D eigenvalue weighted by Crippen LogP contribution is -2.15. The van der Waals surface area contributed by atoms with Crippen LogP contribution in [0.4, 0.5) is 15.2 Å². The first-order valence-corrected chi connectivity index (χ1v) is 13.9. The highest BCUT2D eigenvalue weighted by molar-refractivity contribution is 7.93. The van der Waals surface area contributed by atoms with E-state index in [-0.39, 0.29) is 22.4 Å². The van der Waals surface area contributed by atoms with Gasteiger partial charge in [0.1, 0.15) is 10.8 Å². The molecule has 0 bridgehead atoms. The molecule has 7 nitrogen and oxygen atoms in total. The third kappa shape index (κ3) is 5.43. The summed E-state index contributed by atoms with van der Waals surface area (Å²) in [5, 5.41) is 5.47. The maximum Gasteiger partial charge on any atom is 0.263 e. The topological polar surface area (TPSA) is 101 Å². The quantitative estimate of drug-likeness (QED) is 0.271. The fraction of sp³-hybridized carbons (Fsp3) is 0.0800. The van der Waals surface area contributed by atoms with Crippen LogP contribution in [-0.4, -0.2) is 24.3 Å². The molecule has 0 fully saturated rings. The molecule has 2 aromatic heterocycles. The number of thiazole rings is 2. The lowest BCUT2D eigenvalue weighted by atomic mass is 10.2. The number of rotatable bonds is 7. The Kier molecular flexibility index (Phi) is 6.52. The maximum atomic E-state index is 13.1. The zero-order valence-electron chi connectivity index (χ0n) is 18.9. The third-order valence-electron chi connectivity index (χ3n) is 5.20. The van der Waals surface area contributed by atoms with E-state index in [0.717, 1.165) is 44.3 Å². The first-order chi connectivity index (χ1) is 17.2. The van der Waals surface area contributed by atoms with Crippen LogP contribution < -0.4 is 10.0 Å². The molecule has 182 valence electrons. The fourth-order valence-corrected chi connectivity index (χ4v) is 6.48. The zero-order valence-corrected chi connectivity index (χ0v) is 21.3. The van der Waals surface area contributed by atoms with Gasteiger partial charge in [-0.25, -0.2) is 22.8 Å². The number of nitrogens with one attached hydrogen (secondary N) is 2. The van der Waals surface area contributed by atoms with Crippen molar-refractivity contribution in [1.82, 2.24) is 9.97 Å². The number of hydrogen-bond donors (Lipinski definition) is 2. The lowest BCUT2D eigenvalue weighted by molar-refractivity contribution is -0.115. The van der Waals surface area contributed by atoms with Crippen molar-refractivity contribution in [2.24, 2.45) is 0 Å². The zero-order chi connectivity index (χ0) is 25.3. The predicted molar refractivity (Wildman–Crippen MR) is 141 cm³/mol. The summed E-state index contributed by atoms with van der Waals surface area (Å²) in [6.45, 7) is 2.05. The summed E-state index contributed by atoms with van der Waals surface area (Å²) in [4.78, 5) is 21.3. The second-order valence-electron chi connectivity index (χ2n) is 8.00. The number of benzene rings is 3. The molecule has 3 aromatic carbocycles. The molecule has 0 aliphatic heterocycles. The van der Waals surface area contributed by atoms with Crippen molar-refractivity contribution in [1.29, 1.82) is 0 Å². The van der Waals surface area contributed by atoms with Crippen LogP contribution in [0.2, 0.25) is 0 Å². The Labute approximate surface area is 214 Å². The molecule has 0 saturated heterocycles. The Balaban J connectivity index is 1.20. The van der Waals surface area contributed by atoms with E-state index in [1.54, 1.807) is 16.7 Å². The third-order valence-corrected chi connectivity index (χ3v) is 8.56. The van der Waals surface area contributed by atoms with Gasteiger partial charge in [0.05, 0.1) is 27.2 Å². The number of aromatic nitrogens is 2. The number of anilines is 2. The highest BCUT2D eigenvalue weighted by Crippen LogP contribution is 2.31. The average molecular weight is 539 g/mol. The van der Waals surface area contributed by atoms with Gasteiger partial charge in [0, 0.05) is 16.6 Å². The van der Waals surface area contributed by atoms with Crippen LogP contribution in [-0.2, 0) is 21.2 Å². The van der Waals surface area contributed by atoms with Gasteiger partial charge in [-0.2, -0.15) is 0 Å². The van der Waals surface area contributed by atoms with Crippen molar-refractivity contribution in [2.45, 2.75) is 18.2 Å². The number of carbonyl (C=O) groups is 1. The molecule has 0 saturated carbocycles. The van der Waals surface area contributed by atoms with Gasteiger partial charge in [0.15, 0.2) is 5.13 Å². The molecular weight excluding hydrogens is 519 g/mol. The van der Waals surface area contributed by atoms with Crippen molar-refractivity contribution >= 4 is 59.6 Å². The molecular formula is C25H19FN4O3S3. The van der Waals surface area contributed by atoms with Gasteiger partial charge in [-0.15, -0.1) is 22.7 Å². The van der Waals surface area contributed by atoms with Crippen LogP contribution in [0, 0.1) is 12.7 Å². The Morgan fingerprint density at radius 1 is 1.00 bits per heavy atom. The first kappa shape index (κ1) is 24.0. The van der Waals surface area contributed by atoms with E-state index in [9.17, 15) is 17.6 Å². The van der Waals surface area contributed by atoms with Crippen LogP contribution in [0.3, 0.4) is 0 Å². The Bertz CT molecular complexity index is 1660. The number of fused-ring (bicyclic) bond motifs is 1. The summed E-state index contributed by atoms with van der Waals surface area (Å²) < 4.78 is 41.4. The van der Waals surface area contributed by atoms with E-state index in [1.807, 2.05) is 36.4 Å². The van der Waals surface area contributed by atoms with E-state index in [0.29, 0.717) is 11.4 Å².